The SMILES string of the molecule is COc1ccc(C)cc1C(=O)CCC(=O)OCC(=O)Nc1ccccc1C(C)=O. The number of rotatable bonds is 9. The van der Waals surface area contributed by atoms with E-state index in [2.05, 4.69) is 5.32 Å². The van der Waals surface area contributed by atoms with Gasteiger partial charge in [-0.05, 0) is 38.1 Å². The predicted molar refractivity (Wildman–Crippen MR) is 107 cm³/mol. The van der Waals surface area contributed by atoms with Crippen LogP contribution in [0, 0.1) is 6.92 Å². The van der Waals surface area contributed by atoms with E-state index in [-0.39, 0.29) is 24.4 Å². The van der Waals surface area contributed by atoms with E-state index >= 15 is 0 Å². The molecule has 29 heavy (non-hydrogen) atoms. The highest BCUT2D eigenvalue weighted by atomic mass is 16.5. The van der Waals surface area contributed by atoms with Gasteiger partial charge in [-0.3, -0.25) is 19.2 Å². The van der Waals surface area contributed by atoms with Crippen LogP contribution in [-0.4, -0.2) is 37.2 Å². The fraction of sp³-hybridized carbons (Fsp3) is 0.273. The monoisotopic (exact) mass is 397 g/mol. The summed E-state index contributed by atoms with van der Waals surface area (Å²) in [5, 5.41) is 2.54. The number of esters is 1. The number of hydrogen-bond donors (Lipinski definition) is 1. The number of carbonyl (C=O) groups is 4. The van der Waals surface area contributed by atoms with Gasteiger partial charge in [-0.25, -0.2) is 0 Å². The minimum absolute atomic E-state index is 0.0621. The number of para-hydroxylation sites is 1. The molecule has 7 heteroatoms. The lowest BCUT2D eigenvalue weighted by Gasteiger charge is -2.10. The van der Waals surface area contributed by atoms with Crippen molar-refractivity contribution in [2.45, 2.75) is 26.7 Å². The zero-order chi connectivity index (χ0) is 21.4. The lowest BCUT2D eigenvalue weighted by Crippen LogP contribution is -2.22. The quantitative estimate of drug-likeness (QED) is 0.515. The number of anilines is 1. The van der Waals surface area contributed by atoms with Crippen molar-refractivity contribution >= 4 is 29.1 Å². The smallest absolute Gasteiger partial charge is 0.306 e. The summed E-state index contributed by atoms with van der Waals surface area (Å²) in [5.74, 6) is -1.23. The molecule has 2 aromatic carbocycles. The van der Waals surface area contributed by atoms with Crippen LogP contribution in [0.15, 0.2) is 42.5 Å². The van der Waals surface area contributed by atoms with Gasteiger partial charge in [-0.1, -0.05) is 23.8 Å². The molecule has 0 saturated heterocycles. The van der Waals surface area contributed by atoms with E-state index < -0.39 is 18.5 Å². The number of benzene rings is 2. The molecular formula is C22H23NO6. The van der Waals surface area contributed by atoms with Crippen molar-refractivity contribution in [2.24, 2.45) is 0 Å². The second kappa shape index (κ2) is 10.2. The highest BCUT2D eigenvalue weighted by Crippen LogP contribution is 2.22. The van der Waals surface area contributed by atoms with E-state index in [1.165, 1.54) is 14.0 Å². The van der Waals surface area contributed by atoms with Gasteiger partial charge in [0.1, 0.15) is 5.75 Å². The van der Waals surface area contributed by atoms with Crippen molar-refractivity contribution in [3.63, 3.8) is 0 Å². The number of ether oxygens (including phenoxy) is 2. The van der Waals surface area contributed by atoms with Crippen molar-refractivity contribution in [1.82, 2.24) is 0 Å². The molecule has 0 aliphatic heterocycles. The summed E-state index contributed by atoms with van der Waals surface area (Å²) >= 11 is 0. The molecule has 7 nitrogen and oxygen atoms in total. The molecule has 2 rings (SSSR count). The summed E-state index contributed by atoms with van der Waals surface area (Å²) < 4.78 is 10.1. The van der Waals surface area contributed by atoms with Crippen LogP contribution in [0.25, 0.3) is 0 Å². The van der Waals surface area contributed by atoms with Crippen LogP contribution in [0.1, 0.15) is 46.0 Å². The molecule has 2 aromatic rings. The molecule has 0 heterocycles. The maximum absolute atomic E-state index is 12.4. The Morgan fingerprint density at radius 2 is 1.69 bits per heavy atom. The number of aryl methyl sites for hydroxylation is 1. The molecule has 0 unspecified atom stereocenters. The number of hydrogen-bond acceptors (Lipinski definition) is 6. The van der Waals surface area contributed by atoms with Gasteiger partial charge in [0.25, 0.3) is 5.91 Å². The molecular weight excluding hydrogens is 374 g/mol. The molecule has 0 aliphatic rings. The van der Waals surface area contributed by atoms with Crippen molar-refractivity contribution in [3.05, 3.63) is 59.2 Å². The highest BCUT2D eigenvalue weighted by Gasteiger charge is 2.16. The summed E-state index contributed by atoms with van der Waals surface area (Å²) in [6.45, 7) is 2.74. The van der Waals surface area contributed by atoms with Gasteiger partial charge in [-0.2, -0.15) is 0 Å². The number of ketones is 2. The van der Waals surface area contributed by atoms with Crippen LogP contribution < -0.4 is 10.1 Å². The maximum atomic E-state index is 12.4. The summed E-state index contributed by atoms with van der Waals surface area (Å²) in [5.41, 5.74) is 2.02. The fourth-order valence-electron chi connectivity index (χ4n) is 2.69. The zero-order valence-corrected chi connectivity index (χ0v) is 16.6. The van der Waals surface area contributed by atoms with Gasteiger partial charge in [-0.15, -0.1) is 0 Å². The highest BCUT2D eigenvalue weighted by molar-refractivity contribution is 6.04. The Labute approximate surface area is 169 Å². The van der Waals surface area contributed by atoms with Crippen LogP contribution >= 0.6 is 0 Å². The molecule has 0 saturated carbocycles. The van der Waals surface area contributed by atoms with Crippen molar-refractivity contribution in [2.75, 3.05) is 19.0 Å². The van der Waals surface area contributed by atoms with Gasteiger partial charge in [0.2, 0.25) is 0 Å². The largest absolute Gasteiger partial charge is 0.496 e. The lowest BCUT2D eigenvalue weighted by atomic mass is 10.0. The molecule has 0 aromatic heterocycles. The fourth-order valence-corrected chi connectivity index (χ4v) is 2.69. The first-order valence-electron chi connectivity index (χ1n) is 9.05. The van der Waals surface area contributed by atoms with E-state index in [0.29, 0.717) is 22.6 Å². The predicted octanol–water partition coefficient (Wildman–Crippen LogP) is 3.35. The van der Waals surface area contributed by atoms with E-state index in [4.69, 9.17) is 9.47 Å². The lowest BCUT2D eigenvalue weighted by molar-refractivity contribution is -0.147. The molecule has 0 spiro atoms. The first-order chi connectivity index (χ1) is 13.8. The second-order valence-electron chi connectivity index (χ2n) is 6.44. The van der Waals surface area contributed by atoms with Crippen LogP contribution in [0.2, 0.25) is 0 Å². The van der Waals surface area contributed by atoms with Crippen molar-refractivity contribution < 1.29 is 28.7 Å². The maximum Gasteiger partial charge on any atom is 0.306 e. The zero-order valence-electron chi connectivity index (χ0n) is 16.6. The summed E-state index contributed by atoms with van der Waals surface area (Å²) in [4.78, 5) is 47.8. The first-order valence-corrected chi connectivity index (χ1v) is 9.05. The van der Waals surface area contributed by atoms with E-state index in [1.54, 1.807) is 36.4 Å². The van der Waals surface area contributed by atoms with Gasteiger partial charge < -0.3 is 14.8 Å². The Morgan fingerprint density at radius 3 is 2.38 bits per heavy atom. The van der Waals surface area contributed by atoms with Crippen LogP contribution in [-0.2, 0) is 14.3 Å². The van der Waals surface area contributed by atoms with Gasteiger partial charge in [0.05, 0.1) is 24.8 Å². The average Bonchev–Trinajstić information content (AvgIpc) is 2.70. The second-order valence-corrected chi connectivity index (χ2v) is 6.44. The third kappa shape index (κ3) is 6.27. The van der Waals surface area contributed by atoms with E-state index in [0.717, 1.165) is 5.56 Å². The molecule has 152 valence electrons. The summed E-state index contributed by atoms with van der Waals surface area (Å²) in [7, 11) is 1.47. The van der Waals surface area contributed by atoms with E-state index in [9.17, 15) is 19.2 Å². The Morgan fingerprint density at radius 1 is 0.966 bits per heavy atom. The Bertz CT molecular complexity index is 935. The molecule has 1 amide bonds. The standard InChI is InChI=1S/C22H23NO6/c1-14-8-10-20(28-3)17(12-14)19(25)9-11-22(27)29-13-21(26)23-18-7-5-4-6-16(18)15(2)24/h4-8,10,12H,9,11,13H2,1-3H3,(H,23,26). The van der Waals surface area contributed by atoms with Crippen LogP contribution in [0.4, 0.5) is 5.69 Å². The molecule has 0 radical (unpaired) electrons. The van der Waals surface area contributed by atoms with E-state index in [1.807, 2.05) is 13.0 Å². The van der Waals surface area contributed by atoms with Crippen molar-refractivity contribution in [1.29, 1.82) is 0 Å². The molecule has 0 bridgehead atoms. The Balaban J connectivity index is 1.84. The summed E-state index contributed by atoms with van der Waals surface area (Å²) in [6.07, 6.45) is -0.222. The molecule has 0 atom stereocenters. The van der Waals surface area contributed by atoms with Gasteiger partial charge >= 0.3 is 5.97 Å². The minimum Gasteiger partial charge on any atom is -0.496 e. The number of carbonyl (C=O) groups excluding carboxylic acids is 4. The molecule has 1 N–H and O–H groups in total. The van der Waals surface area contributed by atoms with Gasteiger partial charge in [0.15, 0.2) is 18.2 Å². The third-order valence-electron chi connectivity index (χ3n) is 4.16. The van der Waals surface area contributed by atoms with Crippen LogP contribution in [0.3, 0.4) is 0 Å². The number of Topliss-reactive ketones (excluding diaryl/α,β-unsaturated/α-hetero) is 2. The topological polar surface area (TPSA) is 98.8 Å². The third-order valence-corrected chi connectivity index (χ3v) is 4.16. The Kier molecular flexibility index (Phi) is 7.65. The number of methoxy groups -OCH3 is 1. The average molecular weight is 397 g/mol. The van der Waals surface area contributed by atoms with Crippen LogP contribution in [0.5, 0.6) is 5.75 Å². The minimum atomic E-state index is -0.667. The van der Waals surface area contributed by atoms with Gasteiger partial charge in [0, 0.05) is 12.0 Å². The Hall–Kier alpha value is -3.48. The van der Waals surface area contributed by atoms with Crippen molar-refractivity contribution in [3.8, 4) is 5.75 Å². The first kappa shape index (κ1) is 21.8. The number of nitrogens with one attached hydrogen (secondary N) is 1. The summed E-state index contributed by atoms with van der Waals surface area (Å²) in [6, 6.07) is 11.8. The molecule has 0 fully saturated rings. The number of amides is 1. The molecule has 0 aliphatic carbocycles. The normalized spacial score (nSPS) is 10.2.